The van der Waals surface area contributed by atoms with Gasteiger partial charge in [-0.1, -0.05) is 60.7 Å². The second-order valence-electron chi connectivity index (χ2n) is 7.05. The quantitative estimate of drug-likeness (QED) is 0.331. The van der Waals surface area contributed by atoms with Crippen LogP contribution >= 0.6 is 0 Å². The standard InChI is InChI=1S/C26H26N2O2/c1-3-10-20-15-16-24(25(19-20)29-2)30-18-9-17-28-23-14-8-7-13-22(23)27-26(28)21-11-5-4-6-12-21/h3-8,10-16,19H,9,17-18H2,1-2H3/b10-3+. The number of hydrogen-bond acceptors (Lipinski definition) is 3. The van der Waals surface area contributed by atoms with Crippen LogP contribution in [-0.4, -0.2) is 23.3 Å². The molecule has 1 heterocycles. The monoisotopic (exact) mass is 398 g/mol. The first-order chi connectivity index (χ1) is 14.8. The van der Waals surface area contributed by atoms with Gasteiger partial charge in [0.05, 0.1) is 24.8 Å². The van der Waals surface area contributed by atoms with Gasteiger partial charge in [0.1, 0.15) is 5.82 Å². The van der Waals surface area contributed by atoms with Crippen LogP contribution in [0.3, 0.4) is 0 Å². The lowest BCUT2D eigenvalue weighted by Gasteiger charge is -2.13. The van der Waals surface area contributed by atoms with Crippen LogP contribution in [0.5, 0.6) is 11.5 Å². The van der Waals surface area contributed by atoms with Crippen molar-refractivity contribution in [2.24, 2.45) is 0 Å². The van der Waals surface area contributed by atoms with Gasteiger partial charge >= 0.3 is 0 Å². The van der Waals surface area contributed by atoms with E-state index in [2.05, 4.69) is 34.9 Å². The number of benzene rings is 3. The molecule has 0 N–H and O–H groups in total. The Bertz CT molecular complexity index is 1150. The van der Waals surface area contributed by atoms with Crippen molar-refractivity contribution in [3.8, 4) is 22.9 Å². The first kappa shape index (κ1) is 19.8. The topological polar surface area (TPSA) is 36.3 Å². The molecular weight excluding hydrogens is 372 g/mol. The van der Waals surface area contributed by atoms with E-state index in [0.717, 1.165) is 52.4 Å². The van der Waals surface area contributed by atoms with Crippen LogP contribution in [0, 0.1) is 0 Å². The number of hydrogen-bond donors (Lipinski definition) is 0. The molecule has 0 bridgehead atoms. The number of methoxy groups -OCH3 is 1. The van der Waals surface area contributed by atoms with Crippen LogP contribution in [0.1, 0.15) is 18.9 Å². The molecule has 4 heteroatoms. The minimum Gasteiger partial charge on any atom is -0.493 e. The number of fused-ring (bicyclic) bond motifs is 1. The highest BCUT2D eigenvalue weighted by atomic mass is 16.5. The third-order valence-corrected chi connectivity index (χ3v) is 5.02. The SMILES string of the molecule is C/C=C/c1ccc(OCCCn2c(-c3ccccc3)nc3ccccc32)c(OC)c1. The average Bonchev–Trinajstić information content (AvgIpc) is 3.17. The first-order valence-electron chi connectivity index (χ1n) is 10.2. The zero-order valence-corrected chi connectivity index (χ0v) is 17.4. The van der Waals surface area contributed by atoms with Crippen LogP contribution in [-0.2, 0) is 6.54 Å². The minimum atomic E-state index is 0.597. The summed E-state index contributed by atoms with van der Waals surface area (Å²) in [5.41, 5.74) is 4.37. The Hall–Kier alpha value is -3.53. The van der Waals surface area contributed by atoms with Crippen molar-refractivity contribution in [1.82, 2.24) is 9.55 Å². The molecule has 0 unspecified atom stereocenters. The van der Waals surface area contributed by atoms with Gasteiger partial charge in [-0.25, -0.2) is 4.98 Å². The molecule has 4 aromatic rings. The van der Waals surface area contributed by atoms with Crippen molar-refractivity contribution in [3.63, 3.8) is 0 Å². The summed E-state index contributed by atoms with van der Waals surface area (Å²) < 4.78 is 13.8. The van der Waals surface area contributed by atoms with Gasteiger partial charge in [-0.05, 0) is 43.2 Å². The fraction of sp³-hybridized carbons (Fsp3) is 0.192. The molecule has 0 spiro atoms. The smallest absolute Gasteiger partial charge is 0.161 e. The lowest BCUT2D eigenvalue weighted by Crippen LogP contribution is -2.06. The maximum absolute atomic E-state index is 6.03. The Kier molecular flexibility index (Phi) is 6.14. The number of imidazole rings is 1. The molecule has 0 aliphatic carbocycles. The van der Waals surface area contributed by atoms with Gasteiger partial charge in [-0.15, -0.1) is 0 Å². The van der Waals surface area contributed by atoms with Crippen LogP contribution in [0.25, 0.3) is 28.5 Å². The molecule has 4 nitrogen and oxygen atoms in total. The number of aryl methyl sites for hydroxylation is 1. The summed E-state index contributed by atoms with van der Waals surface area (Å²) in [4.78, 5) is 4.87. The molecule has 0 fully saturated rings. The fourth-order valence-corrected chi connectivity index (χ4v) is 3.61. The Morgan fingerprint density at radius 1 is 0.933 bits per heavy atom. The molecule has 0 amide bonds. The Labute approximate surface area is 177 Å². The van der Waals surface area contributed by atoms with Gasteiger partial charge in [-0.3, -0.25) is 0 Å². The lowest BCUT2D eigenvalue weighted by molar-refractivity contribution is 0.283. The highest BCUT2D eigenvalue weighted by Gasteiger charge is 2.12. The molecular formula is C26H26N2O2. The van der Waals surface area contributed by atoms with Crippen molar-refractivity contribution in [1.29, 1.82) is 0 Å². The zero-order valence-electron chi connectivity index (χ0n) is 17.4. The molecule has 3 aromatic carbocycles. The third-order valence-electron chi connectivity index (χ3n) is 5.02. The predicted molar refractivity (Wildman–Crippen MR) is 123 cm³/mol. The minimum absolute atomic E-state index is 0.597. The Balaban J connectivity index is 1.50. The van der Waals surface area contributed by atoms with Crippen LogP contribution in [0.4, 0.5) is 0 Å². The Morgan fingerprint density at radius 2 is 1.73 bits per heavy atom. The van der Waals surface area contributed by atoms with E-state index in [4.69, 9.17) is 14.5 Å². The van der Waals surface area contributed by atoms with E-state index in [-0.39, 0.29) is 0 Å². The van der Waals surface area contributed by atoms with E-state index in [9.17, 15) is 0 Å². The van der Waals surface area contributed by atoms with Crippen molar-refractivity contribution in [2.45, 2.75) is 19.9 Å². The normalized spacial score (nSPS) is 11.3. The predicted octanol–water partition coefficient (Wildman–Crippen LogP) is 6.21. The number of allylic oxidation sites excluding steroid dienone is 1. The third kappa shape index (κ3) is 4.23. The lowest BCUT2D eigenvalue weighted by atomic mass is 10.2. The van der Waals surface area contributed by atoms with Crippen molar-refractivity contribution in [3.05, 3.63) is 84.4 Å². The van der Waals surface area contributed by atoms with E-state index in [1.54, 1.807) is 7.11 Å². The molecule has 0 saturated heterocycles. The largest absolute Gasteiger partial charge is 0.493 e. The molecule has 0 saturated carbocycles. The molecule has 0 aliphatic heterocycles. The summed E-state index contributed by atoms with van der Waals surface area (Å²) in [6.07, 6.45) is 4.91. The van der Waals surface area contributed by atoms with Crippen molar-refractivity contribution in [2.75, 3.05) is 13.7 Å². The number of nitrogens with zero attached hydrogens (tertiary/aromatic N) is 2. The summed E-state index contributed by atoms with van der Waals surface area (Å²) in [5, 5.41) is 0. The van der Waals surface area contributed by atoms with Crippen LogP contribution in [0.2, 0.25) is 0 Å². The second kappa shape index (κ2) is 9.31. The number of aromatic nitrogens is 2. The van der Waals surface area contributed by atoms with Gasteiger partial charge < -0.3 is 14.0 Å². The summed E-state index contributed by atoms with van der Waals surface area (Å²) in [6, 6.07) is 24.6. The fourth-order valence-electron chi connectivity index (χ4n) is 3.61. The highest BCUT2D eigenvalue weighted by Crippen LogP contribution is 2.29. The maximum atomic E-state index is 6.03. The molecule has 0 atom stereocenters. The van der Waals surface area contributed by atoms with Crippen LogP contribution < -0.4 is 9.47 Å². The maximum Gasteiger partial charge on any atom is 0.161 e. The number of ether oxygens (including phenoxy) is 2. The number of rotatable bonds is 8. The molecule has 30 heavy (non-hydrogen) atoms. The molecule has 152 valence electrons. The van der Waals surface area contributed by atoms with Gasteiger partial charge in [0, 0.05) is 12.1 Å². The average molecular weight is 399 g/mol. The molecule has 0 radical (unpaired) electrons. The summed E-state index contributed by atoms with van der Waals surface area (Å²) in [5.74, 6) is 2.51. The van der Waals surface area contributed by atoms with E-state index in [0.29, 0.717) is 6.61 Å². The van der Waals surface area contributed by atoms with E-state index in [1.165, 1.54) is 0 Å². The molecule has 0 aliphatic rings. The second-order valence-corrected chi connectivity index (χ2v) is 7.05. The first-order valence-corrected chi connectivity index (χ1v) is 10.2. The molecule has 1 aromatic heterocycles. The van der Waals surface area contributed by atoms with E-state index >= 15 is 0 Å². The molecule has 4 rings (SSSR count). The van der Waals surface area contributed by atoms with Gasteiger partial charge in [0.2, 0.25) is 0 Å². The highest BCUT2D eigenvalue weighted by molar-refractivity contribution is 5.80. The van der Waals surface area contributed by atoms with Crippen molar-refractivity contribution < 1.29 is 9.47 Å². The summed E-state index contributed by atoms with van der Waals surface area (Å²) in [7, 11) is 1.67. The van der Waals surface area contributed by atoms with E-state index < -0.39 is 0 Å². The number of para-hydroxylation sites is 2. The van der Waals surface area contributed by atoms with Gasteiger partial charge in [0.15, 0.2) is 11.5 Å². The van der Waals surface area contributed by atoms with E-state index in [1.807, 2.05) is 61.5 Å². The van der Waals surface area contributed by atoms with Crippen molar-refractivity contribution >= 4 is 17.1 Å². The summed E-state index contributed by atoms with van der Waals surface area (Å²) in [6.45, 7) is 3.42. The zero-order chi connectivity index (χ0) is 20.8. The van der Waals surface area contributed by atoms with Crippen LogP contribution in [0.15, 0.2) is 78.9 Å². The van der Waals surface area contributed by atoms with Gasteiger partial charge in [-0.2, -0.15) is 0 Å². The summed E-state index contributed by atoms with van der Waals surface area (Å²) >= 11 is 0. The Morgan fingerprint density at radius 3 is 2.53 bits per heavy atom. The van der Waals surface area contributed by atoms with Gasteiger partial charge in [0.25, 0.3) is 0 Å².